The van der Waals surface area contributed by atoms with Gasteiger partial charge in [0.05, 0.1) is 18.6 Å². The van der Waals surface area contributed by atoms with Crippen molar-refractivity contribution < 1.29 is 18.8 Å². The van der Waals surface area contributed by atoms with Crippen LogP contribution in [0.25, 0.3) is 16.8 Å². The molecule has 1 saturated carbocycles. The summed E-state index contributed by atoms with van der Waals surface area (Å²) in [7, 11) is 0. The van der Waals surface area contributed by atoms with Crippen LogP contribution >= 0.6 is 0 Å². The number of imidazole rings is 1. The normalized spacial score (nSPS) is 20.8. The lowest BCUT2D eigenvalue weighted by molar-refractivity contribution is -0.0829. The van der Waals surface area contributed by atoms with E-state index in [9.17, 15) is 14.0 Å². The number of aryl methyl sites for hydroxylation is 1. The van der Waals surface area contributed by atoms with Gasteiger partial charge in [-0.3, -0.25) is 14.0 Å². The highest BCUT2D eigenvalue weighted by Crippen LogP contribution is 2.38. The highest BCUT2D eigenvalue weighted by atomic mass is 19.1. The third-order valence-corrected chi connectivity index (χ3v) is 7.03. The molecule has 3 heterocycles. The zero-order valence-corrected chi connectivity index (χ0v) is 20.2. The summed E-state index contributed by atoms with van der Waals surface area (Å²) >= 11 is 0. The molecule has 37 heavy (non-hydrogen) atoms. The summed E-state index contributed by atoms with van der Waals surface area (Å²) in [5, 5.41) is 4.39. The van der Waals surface area contributed by atoms with Crippen molar-refractivity contribution in [1.82, 2.24) is 14.4 Å². The number of fused-ring (bicyclic) bond motifs is 1. The number of carbonyl (C=O) groups excluding carboxylic acids is 2. The van der Waals surface area contributed by atoms with Crippen LogP contribution in [0, 0.1) is 12.8 Å². The Labute approximate surface area is 212 Å². The number of ketones is 1. The lowest BCUT2D eigenvalue weighted by Crippen LogP contribution is -2.33. The van der Waals surface area contributed by atoms with Gasteiger partial charge in [-0.2, -0.15) is 5.06 Å². The van der Waals surface area contributed by atoms with Gasteiger partial charge in [-0.1, -0.05) is 42.5 Å². The molecule has 188 valence electrons. The van der Waals surface area contributed by atoms with Gasteiger partial charge >= 0.3 is 6.03 Å². The molecule has 1 aliphatic heterocycles. The number of urea groups is 1. The number of anilines is 2. The van der Waals surface area contributed by atoms with E-state index < -0.39 is 12.1 Å². The maximum Gasteiger partial charge on any atom is 0.346 e. The van der Waals surface area contributed by atoms with Gasteiger partial charge in [-0.15, -0.1) is 0 Å². The number of hydrogen-bond acceptors (Lipinski definition) is 5. The summed E-state index contributed by atoms with van der Waals surface area (Å²) in [6.07, 6.45) is 1.59. The minimum Gasteiger partial charge on any atom is -0.382 e. The Kier molecular flexibility index (Phi) is 5.64. The minimum absolute atomic E-state index is 0.0942. The number of nitrogens with one attached hydrogen (secondary N) is 1. The number of alkyl halides is 1. The quantitative estimate of drug-likeness (QED) is 0.361. The van der Waals surface area contributed by atoms with E-state index in [4.69, 9.17) is 10.6 Å². The topological polar surface area (TPSA) is 102 Å². The Hall–Kier alpha value is -4.24. The van der Waals surface area contributed by atoms with Crippen LogP contribution in [0.2, 0.25) is 0 Å². The molecule has 1 aliphatic carbocycles. The fraction of sp³-hybridized carbons (Fsp3) is 0.250. The largest absolute Gasteiger partial charge is 0.382 e. The number of halogens is 1. The molecule has 2 fully saturated rings. The van der Waals surface area contributed by atoms with Crippen molar-refractivity contribution in [3.8, 4) is 11.1 Å². The number of hydroxylamine groups is 2. The summed E-state index contributed by atoms with van der Waals surface area (Å²) in [5.41, 5.74) is 10.9. The maximum absolute atomic E-state index is 13.6. The van der Waals surface area contributed by atoms with E-state index in [1.54, 1.807) is 16.7 Å². The van der Waals surface area contributed by atoms with E-state index >= 15 is 0 Å². The number of amides is 2. The van der Waals surface area contributed by atoms with E-state index in [-0.39, 0.29) is 35.8 Å². The fourth-order valence-electron chi connectivity index (χ4n) is 4.84. The summed E-state index contributed by atoms with van der Waals surface area (Å²) in [4.78, 5) is 35.9. The minimum atomic E-state index is -1.12. The number of carbonyl (C=O) groups is 2. The summed E-state index contributed by atoms with van der Waals surface area (Å²) in [6.45, 7) is 2.38. The smallest absolute Gasteiger partial charge is 0.346 e. The Morgan fingerprint density at radius 2 is 1.86 bits per heavy atom. The van der Waals surface area contributed by atoms with Crippen LogP contribution in [0.3, 0.4) is 0 Å². The first-order valence-electron chi connectivity index (χ1n) is 12.3. The van der Waals surface area contributed by atoms with E-state index in [2.05, 4.69) is 10.3 Å². The lowest BCUT2D eigenvalue weighted by Gasteiger charge is -2.23. The number of nitrogens with two attached hydrogens (primary N) is 1. The predicted molar refractivity (Wildman–Crippen MR) is 138 cm³/mol. The van der Waals surface area contributed by atoms with Gasteiger partial charge in [0.15, 0.2) is 11.6 Å². The van der Waals surface area contributed by atoms with E-state index in [0.717, 1.165) is 28.7 Å². The van der Waals surface area contributed by atoms with E-state index in [1.165, 1.54) is 5.06 Å². The summed E-state index contributed by atoms with van der Waals surface area (Å²) < 4.78 is 15.2. The Bertz CT molecular complexity index is 1520. The van der Waals surface area contributed by atoms with Gasteiger partial charge in [0.1, 0.15) is 17.5 Å². The van der Waals surface area contributed by atoms with Gasteiger partial charge in [0.2, 0.25) is 0 Å². The van der Waals surface area contributed by atoms with Crippen molar-refractivity contribution in [2.45, 2.75) is 32.0 Å². The zero-order valence-electron chi connectivity index (χ0n) is 20.2. The number of Topliss-reactive ketones (excluding diaryl/α,β-unsaturated/α-hetero) is 1. The van der Waals surface area contributed by atoms with Gasteiger partial charge < -0.3 is 11.1 Å². The van der Waals surface area contributed by atoms with Crippen LogP contribution in [0.5, 0.6) is 0 Å². The van der Waals surface area contributed by atoms with Crippen molar-refractivity contribution in [2.75, 3.05) is 17.7 Å². The van der Waals surface area contributed by atoms with E-state index in [1.807, 2.05) is 61.5 Å². The van der Waals surface area contributed by atoms with Crippen LogP contribution in [0.1, 0.15) is 40.5 Å². The number of hydrogen-bond donors (Lipinski definition) is 2. The average molecular weight is 500 g/mol. The molecular formula is C28H26FN5O3. The lowest BCUT2D eigenvalue weighted by atomic mass is 10.0. The van der Waals surface area contributed by atoms with Gasteiger partial charge in [0.25, 0.3) is 0 Å². The molecule has 0 unspecified atom stereocenters. The van der Waals surface area contributed by atoms with E-state index in [0.29, 0.717) is 17.9 Å². The molecule has 1 saturated heterocycles. The highest BCUT2D eigenvalue weighted by Gasteiger charge is 2.45. The van der Waals surface area contributed by atoms with Crippen LogP contribution < -0.4 is 11.1 Å². The molecule has 0 radical (unpaired) electrons. The Balaban J connectivity index is 1.29. The first-order chi connectivity index (χ1) is 17.9. The number of nitrogens with zero attached hydrogens (tertiary/aromatic N) is 3. The van der Waals surface area contributed by atoms with Gasteiger partial charge in [-0.05, 0) is 53.8 Å². The molecule has 2 aliphatic rings. The summed E-state index contributed by atoms with van der Waals surface area (Å²) in [5.74, 6) is -0.888. The second-order valence-electron chi connectivity index (χ2n) is 9.55. The molecule has 2 amide bonds. The van der Waals surface area contributed by atoms with Crippen molar-refractivity contribution >= 4 is 29.0 Å². The molecule has 3 N–H and O–H groups in total. The number of rotatable bonds is 5. The van der Waals surface area contributed by atoms with Crippen LogP contribution in [-0.4, -0.2) is 39.0 Å². The predicted octanol–water partition coefficient (Wildman–Crippen LogP) is 5.34. The highest BCUT2D eigenvalue weighted by molar-refractivity contribution is 6.03. The Morgan fingerprint density at radius 3 is 2.62 bits per heavy atom. The third-order valence-electron chi connectivity index (χ3n) is 7.03. The molecule has 6 rings (SSSR count). The standard InChI is InChI=1S/C28H26FN5O3/c1-16-7-8-18(13-22(16)31-28(36)34-23(11-12-37-34)17-5-3-2-4-6-17)19-9-10-24-32-27(30)25(33(24)15-19)26(35)20-14-21(20)29/h2-10,13,15,20-21,23H,11-12,14,30H2,1H3,(H,31,36)/t20-,21+,23+/m1/s1. The molecular weight excluding hydrogens is 473 g/mol. The molecule has 9 heteroatoms. The van der Waals surface area contributed by atoms with Crippen molar-refractivity contribution in [3.05, 3.63) is 83.7 Å². The first kappa shape index (κ1) is 23.2. The van der Waals surface area contributed by atoms with Crippen LogP contribution in [0.15, 0.2) is 66.9 Å². The second-order valence-corrected chi connectivity index (χ2v) is 9.55. The van der Waals surface area contributed by atoms with Crippen molar-refractivity contribution in [3.63, 3.8) is 0 Å². The summed E-state index contributed by atoms with van der Waals surface area (Å²) in [6, 6.07) is 18.7. The third kappa shape index (κ3) is 4.21. The van der Waals surface area contributed by atoms with Crippen molar-refractivity contribution in [2.24, 2.45) is 5.92 Å². The second kappa shape index (κ2) is 9.01. The number of benzene rings is 2. The molecule has 2 aromatic heterocycles. The van der Waals surface area contributed by atoms with Crippen LogP contribution in [0.4, 0.5) is 20.7 Å². The first-order valence-corrected chi connectivity index (χ1v) is 12.3. The van der Waals surface area contributed by atoms with Crippen LogP contribution in [-0.2, 0) is 4.84 Å². The number of nitrogen functional groups attached to an aromatic ring is 1. The maximum atomic E-state index is 13.6. The molecule has 3 atom stereocenters. The van der Waals surface area contributed by atoms with Gasteiger partial charge in [0, 0.05) is 18.3 Å². The monoisotopic (exact) mass is 499 g/mol. The number of aromatic nitrogens is 2. The zero-order chi connectivity index (χ0) is 25.7. The fourth-order valence-corrected chi connectivity index (χ4v) is 4.84. The Morgan fingerprint density at radius 1 is 1.11 bits per heavy atom. The molecule has 0 bridgehead atoms. The van der Waals surface area contributed by atoms with Gasteiger partial charge in [-0.25, -0.2) is 14.2 Å². The van der Waals surface area contributed by atoms with Crippen molar-refractivity contribution in [1.29, 1.82) is 0 Å². The molecule has 0 spiro atoms. The molecule has 4 aromatic rings. The average Bonchev–Trinajstić information content (AvgIpc) is 3.29. The molecule has 2 aromatic carbocycles. The molecule has 8 nitrogen and oxygen atoms in total. The SMILES string of the molecule is Cc1ccc(-c2ccc3nc(N)c(C(=O)[C@@H]4C[C@@H]4F)n3c2)cc1NC(=O)N1OCC[C@H]1c1ccccc1. The number of pyridine rings is 1.